The molecule has 2 aromatic rings. The van der Waals surface area contributed by atoms with Crippen LogP contribution in [-0.2, 0) is 12.3 Å². The number of nitrogens with zero attached hydrogens (tertiary/aromatic N) is 4. The number of aromatic nitrogens is 3. The molecule has 0 fully saturated rings. The van der Waals surface area contributed by atoms with Crippen LogP contribution in [0.4, 0.5) is 0 Å². The zero-order valence-electron chi connectivity index (χ0n) is 15.6. The van der Waals surface area contributed by atoms with Crippen molar-refractivity contribution in [2.75, 3.05) is 14.1 Å². The molecule has 0 aliphatic heterocycles. The Morgan fingerprint density at radius 3 is 2.64 bits per heavy atom. The molecule has 1 atom stereocenters. The lowest BCUT2D eigenvalue weighted by atomic mass is 10.1. The number of quaternary nitrogens is 1. The molecule has 0 spiro atoms. The van der Waals surface area contributed by atoms with E-state index in [4.69, 9.17) is 0 Å². The van der Waals surface area contributed by atoms with E-state index in [1.165, 1.54) is 4.90 Å². The Morgan fingerprint density at radius 1 is 1.24 bits per heavy atom. The van der Waals surface area contributed by atoms with Crippen LogP contribution in [0.5, 0.6) is 0 Å². The Labute approximate surface area is 155 Å². The van der Waals surface area contributed by atoms with E-state index in [0.29, 0.717) is 6.04 Å². The molecule has 25 heavy (non-hydrogen) atoms. The van der Waals surface area contributed by atoms with Crippen molar-refractivity contribution in [3.05, 3.63) is 41.2 Å². The standard InChI is InChI=1S/C19H27N5S/c1-5-7-12-24-18(17(6-2)23(3)4)21-22-19(24)25-14-16-11-9-8-10-15(16)13-20/h8-11,17H,5-7,12,14H2,1-4H3/p+1/t17-/m1/s1. The van der Waals surface area contributed by atoms with E-state index in [-0.39, 0.29) is 0 Å². The summed E-state index contributed by atoms with van der Waals surface area (Å²) in [5.41, 5.74) is 1.78. The molecule has 1 heterocycles. The van der Waals surface area contributed by atoms with E-state index in [1.807, 2.05) is 24.3 Å². The molecular formula is C19H28N5S+. The maximum atomic E-state index is 9.26. The highest BCUT2D eigenvalue weighted by atomic mass is 32.2. The van der Waals surface area contributed by atoms with Crippen molar-refractivity contribution >= 4 is 11.8 Å². The van der Waals surface area contributed by atoms with Crippen molar-refractivity contribution in [3.8, 4) is 6.07 Å². The van der Waals surface area contributed by atoms with E-state index < -0.39 is 0 Å². The second-order valence-corrected chi connectivity index (χ2v) is 7.38. The first-order valence-corrected chi connectivity index (χ1v) is 9.94. The molecule has 0 bridgehead atoms. The molecule has 2 rings (SSSR count). The summed E-state index contributed by atoms with van der Waals surface area (Å²) in [6.07, 6.45) is 3.30. The second-order valence-electron chi connectivity index (χ2n) is 6.44. The lowest BCUT2D eigenvalue weighted by Crippen LogP contribution is -3.06. The number of unbranched alkanes of at least 4 members (excludes halogenated alkanes) is 1. The molecule has 0 unspecified atom stereocenters. The van der Waals surface area contributed by atoms with Crippen LogP contribution in [0.2, 0.25) is 0 Å². The van der Waals surface area contributed by atoms with Crippen molar-refractivity contribution in [1.82, 2.24) is 14.8 Å². The lowest BCUT2D eigenvalue weighted by molar-refractivity contribution is -0.893. The highest BCUT2D eigenvalue weighted by molar-refractivity contribution is 7.98. The highest BCUT2D eigenvalue weighted by Gasteiger charge is 2.24. The lowest BCUT2D eigenvalue weighted by Gasteiger charge is -2.20. The highest BCUT2D eigenvalue weighted by Crippen LogP contribution is 2.26. The van der Waals surface area contributed by atoms with Crippen LogP contribution in [-0.4, -0.2) is 28.9 Å². The van der Waals surface area contributed by atoms with Crippen molar-refractivity contribution in [1.29, 1.82) is 5.26 Å². The quantitative estimate of drug-likeness (QED) is 0.700. The van der Waals surface area contributed by atoms with Gasteiger partial charge in [-0.05, 0) is 18.1 Å². The van der Waals surface area contributed by atoms with E-state index in [1.54, 1.807) is 11.8 Å². The topological polar surface area (TPSA) is 58.9 Å². The molecule has 0 radical (unpaired) electrons. The van der Waals surface area contributed by atoms with Gasteiger partial charge >= 0.3 is 0 Å². The Morgan fingerprint density at radius 2 is 2.00 bits per heavy atom. The smallest absolute Gasteiger partial charge is 0.192 e. The Hall–Kier alpha value is -1.84. The van der Waals surface area contributed by atoms with Gasteiger partial charge in [0.2, 0.25) is 0 Å². The first-order valence-electron chi connectivity index (χ1n) is 8.96. The van der Waals surface area contributed by atoms with Gasteiger partial charge in [-0.25, -0.2) is 0 Å². The molecule has 134 valence electrons. The van der Waals surface area contributed by atoms with Gasteiger partial charge in [-0.3, -0.25) is 0 Å². The molecule has 0 amide bonds. The predicted molar refractivity (Wildman–Crippen MR) is 101 cm³/mol. The number of nitrogens with one attached hydrogen (secondary N) is 1. The fourth-order valence-electron chi connectivity index (χ4n) is 2.94. The summed E-state index contributed by atoms with van der Waals surface area (Å²) in [6.45, 7) is 5.35. The van der Waals surface area contributed by atoms with Crippen LogP contribution in [0.15, 0.2) is 29.4 Å². The summed E-state index contributed by atoms with van der Waals surface area (Å²) in [6, 6.07) is 10.4. The maximum Gasteiger partial charge on any atom is 0.192 e. The predicted octanol–water partition coefficient (Wildman–Crippen LogP) is 2.84. The van der Waals surface area contributed by atoms with Crippen molar-refractivity contribution in [2.45, 2.75) is 56.6 Å². The summed E-state index contributed by atoms with van der Waals surface area (Å²) < 4.78 is 2.28. The van der Waals surface area contributed by atoms with Crippen molar-refractivity contribution < 1.29 is 4.90 Å². The van der Waals surface area contributed by atoms with Gasteiger partial charge in [0.05, 0.1) is 25.7 Å². The Bertz CT molecular complexity index is 717. The van der Waals surface area contributed by atoms with Gasteiger partial charge in [0.15, 0.2) is 11.0 Å². The van der Waals surface area contributed by atoms with Gasteiger partial charge in [-0.2, -0.15) is 5.26 Å². The average Bonchev–Trinajstić information content (AvgIpc) is 3.01. The SMILES string of the molecule is CCCCn1c(SCc2ccccc2C#N)nnc1[C@@H](CC)[NH+](C)C. The minimum Gasteiger partial charge on any atom is -0.331 e. The molecule has 5 nitrogen and oxygen atoms in total. The zero-order valence-corrected chi connectivity index (χ0v) is 16.4. The van der Waals surface area contributed by atoms with Gasteiger partial charge in [0, 0.05) is 18.7 Å². The normalized spacial score (nSPS) is 12.3. The minimum absolute atomic E-state index is 0.352. The molecule has 1 N–H and O–H groups in total. The van der Waals surface area contributed by atoms with Gasteiger partial charge < -0.3 is 9.47 Å². The number of thioether (sulfide) groups is 1. The van der Waals surface area contributed by atoms with Crippen LogP contribution < -0.4 is 4.90 Å². The summed E-state index contributed by atoms with van der Waals surface area (Å²) >= 11 is 1.67. The largest absolute Gasteiger partial charge is 0.331 e. The van der Waals surface area contributed by atoms with E-state index in [0.717, 1.165) is 53.7 Å². The van der Waals surface area contributed by atoms with Crippen LogP contribution >= 0.6 is 11.8 Å². The van der Waals surface area contributed by atoms with E-state index in [2.05, 4.69) is 48.8 Å². The first-order chi connectivity index (χ1) is 12.1. The molecule has 6 heteroatoms. The van der Waals surface area contributed by atoms with E-state index in [9.17, 15) is 5.26 Å². The second kappa shape index (κ2) is 9.59. The summed E-state index contributed by atoms with van der Waals surface area (Å²) in [4.78, 5) is 1.37. The Kier molecular flexibility index (Phi) is 7.48. The Balaban J connectivity index is 2.25. The molecule has 1 aromatic carbocycles. The number of benzene rings is 1. The number of hydrogen-bond donors (Lipinski definition) is 1. The van der Waals surface area contributed by atoms with Crippen LogP contribution in [0, 0.1) is 11.3 Å². The van der Waals surface area contributed by atoms with E-state index >= 15 is 0 Å². The first kappa shape index (κ1) is 19.5. The fourth-order valence-corrected chi connectivity index (χ4v) is 3.91. The summed E-state index contributed by atoms with van der Waals surface area (Å²) in [5.74, 6) is 1.81. The van der Waals surface area contributed by atoms with Crippen LogP contribution in [0.25, 0.3) is 0 Å². The van der Waals surface area contributed by atoms with Gasteiger partial charge in [0.25, 0.3) is 0 Å². The molecule has 0 aliphatic rings. The third-order valence-corrected chi connectivity index (χ3v) is 5.41. The molecular weight excluding hydrogens is 330 g/mol. The minimum atomic E-state index is 0.352. The number of nitriles is 1. The molecule has 1 aromatic heterocycles. The third-order valence-electron chi connectivity index (χ3n) is 4.39. The van der Waals surface area contributed by atoms with Gasteiger partial charge in [-0.15, -0.1) is 10.2 Å². The summed E-state index contributed by atoms with van der Waals surface area (Å²) in [7, 11) is 4.34. The molecule has 0 aliphatic carbocycles. The molecule has 0 saturated carbocycles. The monoisotopic (exact) mass is 358 g/mol. The zero-order chi connectivity index (χ0) is 18.2. The third kappa shape index (κ3) is 4.83. The van der Waals surface area contributed by atoms with Crippen LogP contribution in [0.1, 0.15) is 56.1 Å². The van der Waals surface area contributed by atoms with Crippen molar-refractivity contribution in [3.63, 3.8) is 0 Å². The van der Waals surface area contributed by atoms with Gasteiger partial charge in [0.1, 0.15) is 6.04 Å². The maximum absolute atomic E-state index is 9.26. The number of rotatable bonds is 9. The van der Waals surface area contributed by atoms with Crippen LogP contribution in [0.3, 0.4) is 0 Å². The fraction of sp³-hybridized carbons (Fsp3) is 0.526. The summed E-state index contributed by atoms with van der Waals surface area (Å²) in [5, 5.41) is 19.2. The number of hydrogen-bond acceptors (Lipinski definition) is 4. The van der Waals surface area contributed by atoms with Crippen molar-refractivity contribution in [2.24, 2.45) is 0 Å². The molecule has 0 saturated heterocycles. The average molecular weight is 359 g/mol. The van der Waals surface area contributed by atoms with Gasteiger partial charge in [-0.1, -0.05) is 50.2 Å².